The molecule has 0 aliphatic heterocycles. The molecule has 0 spiro atoms. The second-order valence-corrected chi connectivity index (χ2v) is 25.2. The highest BCUT2D eigenvalue weighted by atomic mass is 15.2. The minimum absolute atomic E-state index is 0.914. The molecule has 0 aromatic heterocycles. The van der Waals surface area contributed by atoms with Gasteiger partial charge in [-0.3, -0.25) is 9.80 Å². The molecular weight excluding hydrogens is 749 g/mol. The van der Waals surface area contributed by atoms with Gasteiger partial charge in [0.05, 0.1) is 0 Å². The molecule has 2 heteroatoms. The van der Waals surface area contributed by atoms with Crippen molar-refractivity contribution >= 4 is 0 Å². The van der Waals surface area contributed by atoms with Gasteiger partial charge in [-0.2, -0.15) is 0 Å². The Labute approximate surface area is 388 Å². The molecule has 0 aromatic rings. The molecule has 0 saturated heterocycles. The fraction of sp³-hybridized carbons (Fsp3) is 1.00. The van der Waals surface area contributed by atoms with Crippen molar-refractivity contribution in [2.75, 3.05) is 0 Å². The Morgan fingerprint density at radius 1 is 0.242 bits per heavy atom. The molecule has 8 aliphatic rings. The Balaban J connectivity index is 0.758. The average Bonchev–Trinajstić information content (AvgIpc) is 3.34. The molecule has 8 rings (SSSR count). The Morgan fingerprint density at radius 3 is 0.645 bits per heavy atom. The molecule has 0 N–H and O–H groups in total. The lowest BCUT2D eigenvalue weighted by molar-refractivity contribution is -0.00587. The highest BCUT2D eigenvalue weighted by Crippen LogP contribution is 2.50. The molecule has 0 bridgehead atoms. The van der Waals surface area contributed by atoms with Crippen LogP contribution in [0, 0.1) is 59.2 Å². The molecule has 0 amide bonds. The third-order valence-corrected chi connectivity index (χ3v) is 22.0. The summed E-state index contributed by atoms with van der Waals surface area (Å²) in [5, 5.41) is 0. The van der Waals surface area contributed by atoms with Crippen molar-refractivity contribution in [3.8, 4) is 0 Å². The van der Waals surface area contributed by atoms with Crippen LogP contribution >= 0.6 is 0 Å². The predicted octanol–water partition coefficient (Wildman–Crippen LogP) is 17.8. The lowest BCUT2D eigenvalue weighted by Gasteiger charge is -2.50. The van der Waals surface area contributed by atoms with Gasteiger partial charge in [-0.25, -0.2) is 0 Å². The van der Waals surface area contributed by atoms with Crippen LogP contribution < -0.4 is 0 Å². The first-order chi connectivity index (χ1) is 30.5. The Bertz CT molecular complexity index is 1090. The number of hydrogen-bond acceptors (Lipinski definition) is 2. The topological polar surface area (TPSA) is 6.48 Å². The van der Waals surface area contributed by atoms with Crippen LogP contribution in [0.25, 0.3) is 0 Å². The molecular formula is C60H108N2. The second-order valence-electron chi connectivity index (χ2n) is 25.2. The zero-order valence-electron chi connectivity index (χ0n) is 42.4. The summed E-state index contributed by atoms with van der Waals surface area (Å²) in [5.74, 6) is 10.5. The van der Waals surface area contributed by atoms with E-state index in [0.717, 1.165) is 95.4 Å². The first-order valence-electron chi connectivity index (χ1n) is 30.1. The van der Waals surface area contributed by atoms with E-state index in [-0.39, 0.29) is 0 Å². The van der Waals surface area contributed by atoms with E-state index in [2.05, 4.69) is 37.5 Å². The third-order valence-electron chi connectivity index (χ3n) is 22.0. The molecule has 62 heavy (non-hydrogen) atoms. The highest BCUT2D eigenvalue weighted by Gasteiger charge is 2.43. The van der Waals surface area contributed by atoms with E-state index >= 15 is 0 Å². The Kier molecular flexibility index (Phi) is 19.3. The lowest BCUT2D eigenvalue weighted by Crippen LogP contribution is -2.53. The van der Waals surface area contributed by atoms with Gasteiger partial charge in [0.25, 0.3) is 0 Å². The molecule has 8 aliphatic carbocycles. The SMILES string of the molecule is CCCCC1CCC(N(C2CCC(CC)CC2)C2CCC(C3CCC(C4CCC(C5CCC(N(C6CCC(CC)CC6)C6CCC(CCCC)CC6)CC5)CC4)CC3)CC2)CC1. The molecule has 0 heterocycles. The summed E-state index contributed by atoms with van der Waals surface area (Å²) in [6.45, 7) is 9.69. The summed E-state index contributed by atoms with van der Waals surface area (Å²) in [4.78, 5) is 6.54. The van der Waals surface area contributed by atoms with Crippen molar-refractivity contribution in [2.45, 2.75) is 321 Å². The van der Waals surface area contributed by atoms with Gasteiger partial charge in [-0.1, -0.05) is 79.1 Å². The van der Waals surface area contributed by atoms with Crippen LogP contribution in [0.15, 0.2) is 0 Å². The first kappa shape index (κ1) is 48.4. The van der Waals surface area contributed by atoms with Crippen LogP contribution in [0.4, 0.5) is 0 Å². The molecule has 0 unspecified atom stereocenters. The molecule has 2 nitrogen and oxygen atoms in total. The predicted molar refractivity (Wildman–Crippen MR) is 269 cm³/mol. The Hall–Kier alpha value is -0.0800. The van der Waals surface area contributed by atoms with Crippen molar-refractivity contribution in [1.82, 2.24) is 9.80 Å². The standard InChI is InChI=1S/C60H108N2/c1-5-9-11-47-17-37-57(38-18-47)61(55-33-13-45(7-3)14-34-55)59-41-29-53(30-42-59)51-25-21-49(22-26-51)50-23-27-52(28-24-50)54-31-43-60(44-32-54)62(56-35-15-46(8-4)16-36-56)58-39-19-48(20-40-58)12-10-6-2/h45-60H,5-44H2,1-4H3. The van der Waals surface area contributed by atoms with Gasteiger partial charge in [-0.05, 0) is 265 Å². The third kappa shape index (κ3) is 12.7. The van der Waals surface area contributed by atoms with Crippen molar-refractivity contribution in [1.29, 1.82) is 0 Å². The second kappa shape index (κ2) is 24.8. The molecule has 8 saturated carbocycles. The lowest BCUT2D eigenvalue weighted by atomic mass is 9.63. The molecule has 0 atom stereocenters. The maximum Gasteiger partial charge on any atom is 0.0101 e. The monoisotopic (exact) mass is 857 g/mol. The minimum Gasteiger partial charge on any atom is -0.294 e. The van der Waals surface area contributed by atoms with E-state index in [0.29, 0.717) is 0 Å². The fourth-order valence-corrected chi connectivity index (χ4v) is 17.9. The summed E-state index contributed by atoms with van der Waals surface area (Å²) >= 11 is 0. The normalized spacial score (nSPS) is 42.9. The van der Waals surface area contributed by atoms with Crippen molar-refractivity contribution in [3.05, 3.63) is 0 Å². The van der Waals surface area contributed by atoms with Gasteiger partial charge in [0, 0.05) is 36.3 Å². The summed E-state index contributed by atoms with van der Waals surface area (Å²) in [6.07, 6.45) is 61.1. The molecule has 0 aromatic carbocycles. The highest BCUT2D eigenvalue weighted by molar-refractivity contribution is 4.96. The average molecular weight is 858 g/mol. The van der Waals surface area contributed by atoms with Gasteiger partial charge in [0.2, 0.25) is 0 Å². The zero-order valence-corrected chi connectivity index (χ0v) is 42.4. The fourth-order valence-electron chi connectivity index (χ4n) is 17.9. The number of unbranched alkanes of at least 4 members (excludes halogenated alkanes) is 2. The van der Waals surface area contributed by atoms with Crippen LogP contribution in [-0.4, -0.2) is 46.1 Å². The maximum absolute atomic E-state index is 3.27. The summed E-state index contributed by atoms with van der Waals surface area (Å²) in [5.41, 5.74) is 0. The van der Waals surface area contributed by atoms with Crippen molar-refractivity contribution in [3.63, 3.8) is 0 Å². The van der Waals surface area contributed by atoms with Crippen LogP contribution in [-0.2, 0) is 0 Å². The van der Waals surface area contributed by atoms with Crippen LogP contribution in [0.2, 0.25) is 0 Å². The van der Waals surface area contributed by atoms with E-state index in [1.807, 2.05) is 0 Å². The van der Waals surface area contributed by atoms with Gasteiger partial charge in [0.1, 0.15) is 0 Å². The maximum atomic E-state index is 3.27. The van der Waals surface area contributed by atoms with Gasteiger partial charge >= 0.3 is 0 Å². The van der Waals surface area contributed by atoms with Crippen molar-refractivity contribution in [2.24, 2.45) is 59.2 Å². The van der Waals surface area contributed by atoms with Gasteiger partial charge < -0.3 is 0 Å². The Morgan fingerprint density at radius 2 is 0.435 bits per heavy atom. The minimum atomic E-state index is 0.914. The molecule has 0 radical (unpaired) electrons. The van der Waals surface area contributed by atoms with Gasteiger partial charge in [-0.15, -0.1) is 0 Å². The van der Waals surface area contributed by atoms with E-state index in [9.17, 15) is 0 Å². The molecule has 8 fully saturated rings. The smallest absolute Gasteiger partial charge is 0.0101 e. The quantitative estimate of drug-likeness (QED) is 0.144. The van der Waals surface area contributed by atoms with E-state index in [4.69, 9.17) is 0 Å². The number of rotatable bonds is 17. The van der Waals surface area contributed by atoms with Crippen LogP contribution in [0.3, 0.4) is 0 Å². The largest absolute Gasteiger partial charge is 0.294 e. The first-order valence-corrected chi connectivity index (χ1v) is 30.1. The number of hydrogen-bond donors (Lipinski definition) is 0. The van der Waals surface area contributed by atoms with E-state index < -0.39 is 0 Å². The summed E-state index contributed by atoms with van der Waals surface area (Å²) < 4.78 is 0. The van der Waals surface area contributed by atoms with Crippen LogP contribution in [0.1, 0.15) is 285 Å². The number of nitrogens with zero attached hydrogens (tertiary/aromatic N) is 2. The summed E-state index contributed by atoms with van der Waals surface area (Å²) in [7, 11) is 0. The van der Waals surface area contributed by atoms with E-state index in [1.54, 1.807) is 77.0 Å². The van der Waals surface area contributed by atoms with E-state index in [1.165, 1.54) is 180 Å². The van der Waals surface area contributed by atoms with Crippen molar-refractivity contribution < 1.29 is 0 Å². The van der Waals surface area contributed by atoms with Crippen LogP contribution in [0.5, 0.6) is 0 Å². The molecule has 358 valence electrons. The van der Waals surface area contributed by atoms with Gasteiger partial charge in [0.15, 0.2) is 0 Å². The summed E-state index contributed by atoms with van der Waals surface area (Å²) in [6, 6.07) is 5.49. The zero-order chi connectivity index (χ0) is 42.7.